The van der Waals surface area contributed by atoms with E-state index in [1.807, 2.05) is 30.5 Å². The second-order valence-corrected chi connectivity index (χ2v) is 7.90. The number of carbonyl (C=O) groups is 1. The molecule has 1 N–H and O–H groups in total. The average molecular weight is 368 g/mol. The molecule has 3 heterocycles. The van der Waals surface area contributed by atoms with Crippen molar-refractivity contribution in [2.24, 2.45) is 11.8 Å². The summed E-state index contributed by atoms with van der Waals surface area (Å²) in [6.07, 6.45) is 2.84. The molecule has 0 aromatic carbocycles. The zero-order chi connectivity index (χ0) is 19.6. The Balaban J connectivity index is 1.79. The van der Waals surface area contributed by atoms with E-state index in [0.29, 0.717) is 36.3 Å². The van der Waals surface area contributed by atoms with Gasteiger partial charge in [0.1, 0.15) is 17.6 Å². The van der Waals surface area contributed by atoms with E-state index in [0.717, 1.165) is 30.1 Å². The monoisotopic (exact) mass is 368 g/mol. The third-order valence-electron chi connectivity index (χ3n) is 5.40. The molecule has 1 saturated heterocycles. The number of nitrogens with zero attached hydrogens (tertiary/aromatic N) is 3. The fraction of sp³-hybridized carbons (Fsp3) is 0.524. The summed E-state index contributed by atoms with van der Waals surface area (Å²) in [6, 6.07) is 5.98. The Bertz CT molecular complexity index is 835. The normalized spacial score (nSPS) is 20.4. The molecule has 144 valence electrons. The summed E-state index contributed by atoms with van der Waals surface area (Å²) in [7, 11) is 0. The zero-order valence-corrected chi connectivity index (χ0v) is 16.6. The maximum absolute atomic E-state index is 12.7. The molecule has 27 heavy (non-hydrogen) atoms. The number of aromatic nitrogens is 1. The van der Waals surface area contributed by atoms with Crippen LogP contribution in [0.1, 0.15) is 42.8 Å². The number of rotatable bonds is 5. The fourth-order valence-corrected chi connectivity index (χ4v) is 4.18. The van der Waals surface area contributed by atoms with Crippen LogP contribution in [0, 0.1) is 37.0 Å². The molecule has 0 aliphatic carbocycles. The lowest BCUT2D eigenvalue weighted by Crippen LogP contribution is -2.43. The van der Waals surface area contributed by atoms with Crippen molar-refractivity contribution in [3.05, 3.63) is 41.0 Å². The van der Waals surface area contributed by atoms with Crippen molar-refractivity contribution < 1.29 is 9.21 Å². The molecular formula is C21H28N4O2. The quantitative estimate of drug-likeness (QED) is 0.876. The minimum absolute atomic E-state index is 0.0778. The molecule has 2 aromatic rings. The first-order chi connectivity index (χ1) is 12.9. The van der Waals surface area contributed by atoms with Crippen LogP contribution in [0.25, 0.3) is 0 Å². The van der Waals surface area contributed by atoms with Gasteiger partial charge in [-0.25, -0.2) is 0 Å². The summed E-state index contributed by atoms with van der Waals surface area (Å²) in [6.45, 7) is 11.0. The molecule has 0 bridgehead atoms. The summed E-state index contributed by atoms with van der Waals surface area (Å²) in [5.74, 6) is 2.47. The first-order valence-corrected chi connectivity index (χ1v) is 9.53. The van der Waals surface area contributed by atoms with Crippen LogP contribution in [-0.4, -0.2) is 35.0 Å². The molecular weight excluding hydrogens is 340 g/mol. The van der Waals surface area contributed by atoms with Crippen molar-refractivity contribution in [1.29, 1.82) is 5.26 Å². The largest absolute Gasteiger partial charge is 0.467 e. The van der Waals surface area contributed by atoms with Crippen LogP contribution in [-0.2, 0) is 11.3 Å². The van der Waals surface area contributed by atoms with Crippen molar-refractivity contribution >= 4 is 11.7 Å². The lowest BCUT2D eigenvalue weighted by Gasteiger charge is -2.34. The predicted molar refractivity (Wildman–Crippen MR) is 104 cm³/mol. The van der Waals surface area contributed by atoms with Gasteiger partial charge in [0.15, 0.2) is 0 Å². The Hall–Kier alpha value is -2.52. The van der Waals surface area contributed by atoms with Gasteiger partial charge in [-0.15, -0.1) is 0 Å². The number of carbonyl (C=O) groups excluding carboxylic acids is 1. The van der Waals surface area contributed by atoms with E-state index in [4.69, 9.17) is 4.42 Å². The second-order valence-electron chi connectivity index (χ2n) is 7.90. The third kappa shape index (κ3) is 4.25. The number of furan rings is 1. The van der Waals surface area contributed by atoms with Crippen LogP contribution in [0.4, 0.5) is 5.82 Å². The van der Waals surface area contributed by atoms with Gasteiger partial charge in [-0.2, -0.15) is 5.26 Å². The predicted octanol–water partition coefficient (Wildman–Crippen LogP) is 3.53. The second kappa shape index (κ2) is 8.01. The third-order valence-corrected chi connectivity index (χ3v) is 5.40. The molecule has 0 radical (unpaired) electrons. The van der Waals surface area contributed by atoms with E-state index in [1.54, 1.807) is 6.26 Å². The highest BCUT2D eigenvalue weighted by molar-refractivity contribution is 5.93. The molecule has 1 aliphatic rings. The molecule has 1 aliphatic heterocycles. The van der Waals surface area contributed by atoms with Crippen molar-refractivity contribution in [3.63, 3.8) is 0 Å². The molecule has 2 atom stereocenters. The molecule has 0 spiro atoms. The lowest BCUT2D eigenvalue weighted by atomic mass is 9.92. The average Bonchev–Trinajstić information content (AvgIpc) is 3.17. The van der Waals surface area contributed by atoms with Crippen molar-refractivity contribution in [2.75, 3.05) is 25.0 Å². The first-order valence-electron chi connectivity index (χ1n) is 9.53. The SMILES string of the molecule is Cc1c(C#N)c(NC(=O)CN2C[C@H](C)C[C@H](C)C2)n(Cc2ccco2)c1C. The maximum atomic E-state index is 12.7. The summed E-state index contributed by atoms with van der Waals surface area (Å²) < 4.78 is 7.41. The smallest absolute Gasteiger partial charge is 0.239 e. The molecule has 1 fully saturated rings. The Morgan fingerprint density at radius 2 is 2.04 bits per heavy atom. The summed E-state index contributed by atoms with van der Waals surface area (Å²) in [5.41, 5.74) is 2.37. The Morgan fingerprint density at radius 3 is 2.63 bits per heavy atom. The standard InChI is InChI=1S/C21H28N4O2/c1-14-8-15(2)11-24(10-14)13-20(26)23-21-19(9-22)16(3)17(4)25(21)12-18-6-5-7-27-18/h5-7,14-15H,8,10-13H2,1-4H3,(H,23,26)/t14-,15+. The number of nitriles is 1. The summed E-state index contributed by atoms with van der Waals surface area (Å²) in [5, 5.41) is 12.6. The van der Waals surface area contributed by atoms with Crippen LogP contribution in [0.5, 0.6) is 0 Å². The van der Waals surface area contributed by atoms with Gasteiger partial charge < -0.3 is 14.3 Å². The lowest BCUT2D eigenvalue weighted by molar-refractivity contribution is -0.117. The molecule has 0 saturated carbocycles. The van der Waals surface area contributed by atoms with Gasteiger partial charge in [-0.05, 0) is 49.8 Å². The number of amides is 1. The number of hydrogen-bond acceptors (Lipinski definition) is 4. The van der Waals surface area contributed by atoms with E-state index < -0.39 is 0 Å². The van der Waals surface area contributed by atoms with Crippen LogP contribution in [0.15, 0.2) is 22.8 Å². The van der Waals surface area contributed by atoms with Crippen LogP contribution >= 0.6 is 0 Å². The molecule has 0 unspecified atom stereocenters. The first kappa shape index (κ1) is 19.2. The highest BCUT2D eigenvalue weighted by Crippen LogP contribution is 2.28. The van der Waals surface area contributed by atoms with Crippen molar-refractivity contribution in [1.82, 2.24) is 9.47 Å². The van der Waals surface area contributed by atoms with Crippen molar-refractivity contribution in [3.8, 4) is 6.07 Å². The van der Waals surface area contributed by atoms with E-state index in [2.05, 4.69) is 30.1 Å². The van der Waals surface area contributed by atoms with Crippen LogP contribution in [0.3, 0.4) is 0 Å². The van der Waals surface area contributed by atoms with Crippen LogP contribution < -0.4 is 5.32 Å². The topological polar surface area (TPSA) is 74.2 Å². The Labute approximate surface area is 160 Å². The maximum Gasteiger partial charge on any atom is 0.239 e. The number of piperidine rings is 1. The Morgan fingerprint density at radius 1 is 1.33 bits per heavy atom. The summed E-state index contributed by atoms with van der Waals surface area (Å²) in [4.78, 5) is 14.9. The van der Waals surface area contributed by atoms with Gasteiger partial charge in [-0.1, -0.05) is 13.8 Å². The van der Waals surface area contributed by atoms with Gasteiger partial charge in [0.05, 0.1) is 24.9 Å². The molecule has 3 rings (SSSR count). The Kier molecular flexibility index (Phi) is 5.71. The molecule has 1 amide bonds. The van der Waals surface area contributed by atoms with Crippen molar-refractivity contribution in [2.45, 2.75) is 40.7 Å². The number of nitrogens with one attached hydrogen (secondary N) is 1. The fourth-order valence-electron chi connectivity index (χ4n) is 4.18. The molecule has 6 heteroatoms. The molecule has 6 nitrogen and oxygen atoms in total. The van der Waals surface area contributed by atoms with E-state index >= 15 is 0 Å². The van der Waals surface area contributed by atoms with Gasteiger partial charge in [0, 0.05) is 18.8 Å². The van der Waals surface area contributed by atoms with E-state index in [9.17, 15) is 10.1 Å². The van der Waals surface area contributed by atoms with E-state index in [1.165, 1.54) is 6.42 Å². The van der Waals surface area contributed by atoms with Gasteiger partial charge >= 0.3 is 0 Å². The van der Waals surface area contributed by atoms with Crippen LogP contribution in [0.2, 0.25) is 0 Å². The number of anilines is 1. The highest BCUT2D eigenvalue weighted by Gasteiger charge is 2.25. The molecule has 2 aromatic heterocycles. The minimum atomic E-state index is -0.0778. The minimum Gasteiger partial charge on any atom is -0.467 e. The van der Waals surface area contributed by atoms with Gasteiger partial charge in [0.25, 0.3) is 0 Å². The van der Waals surface area contributed by atoms with Gasteiger partial charge in [-0.3, -0.25) is 9.69 Å². The van der Waals surface area contributed by atoms with E-state index in [-0.39, 0.29) is 5.91 Å². The number of hydrogen-bond donors (Lipinski definition) is 1. The summed E-state index contributed by atoms with van der Waals surface area (Å²) >= 11 is 0. The van der Waals surface area contributed by atoms with Gasteiger partial charge in [0.2, 0.25) is 5.91 Å². The zero-order valence-electron chi connectivity index (χ0n) is 16.6. The number of likely N-dealkylation sites (tertiary alicyclic amines) is 1. The highest BCUT2D eigenvalue weighted by atomic mass is 16.3.